The molecule has 0 spiro atoms. The van der Waals surface area contributed by atoms with Crippen LogP contribution in [0.15, 0.2) is 18.2 Å². The number of H-pyrrole nitrogens is 1. The molecule has 21 heavy (non-hydrogen) atoms. The van der Waals surface area contributed by atoms with E-state index in [1.165, 1.54) is 6.07 Å². The first-order valence-corrected chi connectivity index (χ1v) is 6.67. The van der Waals surface area contributed by atoms with Crippen LogP contribution in [0.1, 0.15) is 23.5 Å². The van der Waals surface area contributed by atoms with Gasteiger partial charge in [0.25, 0.3) is 5.91 Å². The summed E-state index contributed by atoms with van der Waals surface area (Å²) in [6.07, 6.45) is 2.15. The van der Waals surface area contributed by atoms with Gasteiger partial charge >= 0.3 is 0 Å². The Balaban J connectivity index is 1.74. The SMILES string of the molecule is Nc1n[nH]c(C(=O)Nc2ccc(N3CCCC3)c(F)c2)n1. The van der Waals surface area contributed by atoms with Crippen LogP contribution in [0, 0.1) is 5.82 Å². The molecule has 0 aliphatic carbocycles. The van der Waals surface area contributed by atoms with Gasteiger partial charge in [0.2, 0.25) is 11.8 Å². The number of aromatic nitrogens is 3. The van der Waals surface area contributed by atoms with E-state index in [-0.39, 0.29) is 17.6 Å². The smallest absolute Gasteiger partial charge is 0.293 e. The number of halogens is 1. The zero-order valence-corrected chi connectivity index (χ0v) is 11.3. The van der Waals surface area contributed by atoms with Gasteiger partial charge in [-0.2, -0.15) is 4.98 Å². The largest absolute Gasteiger partial charge is 0.369 e. The molecule has 8 heteroatoms. The molecule has 1 aromatic carbocycles. The van der Waals surface area contributed by atoms with E-state index in [1.54, 1.807) is 12.1 Å². The maximum atomic E-state index is 14.1. The van der Waals surface area contributed by atoms with Crippen LogP contribution in [0.2, 0.25) is 0 Å². The van der Waals surface area contributed by atoms with Crippen molar-refractivity contribution in [3.8, 4) is 0 Å². The fraction of sp³-hybridized carbons (Fsp3) is 0.308. The molecule has 3 rings (SSSR count). The number of carbonyl (C=O) groups is 1. The van der Waals surface area contributed by atoms with Crippen molar-refractivity contribution in [3.05, 3.63) is 29.8 Å². The number of nitrogens with two attached hydrogens (primary N) is 1. The highest BCUT2D eigenvalue weighted by Gasteiger charge is 2.17. The molecule has 0 saturated carbocycles. The van der Waals surface area contributed by atoms with Crippen LogP contribution in [0.25, 0.3) is 0 Å². The van der Waals surface area contributed by atoms with Gasteiger partial charge < -0.3 is 16.0 Å². The lowest BCUT2D eigenvalue weighted by molar-refractivity contribution is 0.101. The van der Waals surface area contributed by atoms with Crippen LogP contribution in [0.4, 0.5) is 21.7 Å². The van der Waals surface area contributed by atoms with Crippen molar-refractivity contribution >= 4 is 23.2 Å². The van der Waals surface area contributed by atoms with E-state index in [1.807, 2.05) is 4.90 Å². The van der Waals surface area contributed by atoms with Gasteiger partial charge in [-0.05, 0) is 31.0 Å². The molecule has 4 N–H and O–H groups in total. The first-order valence-electron chi connectivity index (χ1n) is 6.67. The normalized spacial score (nSPS) is 14.4. The molecular formula is C13H15FN6O. The predicted octanol–water partition coefficient (Wildman–Crippen LogP) is 1.38. The number of hydrogen-bond donors (Lipinski definition) is 3. The Labute approximate surface area is 120 Å². The molecule has 110 valence electrons. The number of nitrogen functional groups attached to an aromatic ring is 1. The third kappa shape index (κ3) is 2.78. The van der Waals surface area contributed by atoms with Crippen LogP contribution >= 0.6 is 0 Å². The summed E-state index contributed by atoms with van der Waals surface area (Å²) in [6.45, 7) is 1.72. The fourth-order valence-electron chi connectivity index (χ4n) is 2.37. The number of carbonyl (C=O) groups excluding carboxylic acids is 1. The summed E-state index contributed by atoms with van der Waals surface area (Å²) < 4.78 is 14.1. The summed E-state index contributed by atoms with van der Waals surface area (Å²) in [5, 5.41) is 8.50. The minimum absolute atomic E-state index is 0.0171. The van der Waals surface area contributed by atoms with E-state index in [4.69, 9.17) is 5.73 Å². The van der Waals surface area contributed by atoms with Gasteiger partial charge in [0.1, 0.15) is 5.82 Å². The van der Waals surface area contributed by atoms with Crippen LogP contribution in [-0.2, 0) is 0 Å². The lowest BCUT2D eigenvalue weighted by Crippen LogP contribution is -2.19. The molecule has 2 aromatic rings. The molecule has 1 aliphatic heterocycles. The van der Waals surface area contributed by atoms with E-state index >= 15 is 0 Å². The third-order valence-electron chi connectivity index (χ3n) is 3.37. The van der Waals surface area contributed by atoms with E-state index in [0.717, 1.165) is 25.9 Å². The molecule has 1 aromatic heterocycles. The number of hydrogen-bond acceptors (Lipinski definition) is 5. The topological polar surface area (TPSA) is 99.9 Å². The number of nitrogens with zero attached hydrogens (tertiary/aromatic N) is 3. The monoisotopic (exact) mass is 290 g/mol. The minimum atomic E-state index is -0.521. The predicted molar refractivity (Wildman–Crippen MR) is 76.6 cm³/mol. The number of nitrogens with one attached hydrogen (secondary N) is 2. The Bertz CT molecular complexity index is 664. The highest BCUT2D eigenvalue weighted by molar-refractivity contribution is 6.01. The molecule has 7 nitrogen and oxygen atoms in total. The molecule has 1 fully saturated rings. The number of aromatic amines is 1. The lowest BCUT2D eigenvalue weighted by atomic mass is 10.2. The van der Waals surface area contributed by atoms with E-state index in [9.17, 15) is 9.18 Å². The Kier molecular flexibility index (Phi) is 3.43. The molecule has 0 atom stereocenters. The fourth-order valence-corrected chi connectivity index (χ4v) is 2.37. The number of rotatable bonds is 3. The number of anilines is 3. The van der Waals surface area contributed by atoms with E-state index in [0.29, 0.717) is 11.4 Å². The first-order chi connectivity index (χ1) is 10.1. The first kappa shape index (κ1) is 13.3. The van der Waals surface area contributed by atoms with Crippen molar-refractivity contribution in [1.82, 2.24) is 15.2 Å². The van der Waals surface area contributed by atoms with Crippen molar-refractivity contribution in [2.45, 2.75) is 12.8 Å². The maximum Gasteiger partial charge on any atom is 0.293 e. The molecule has 1 amide bonds. The van der Waals surface area contributed by atoms with Crippen LogP contribution in [0.3, 0.4) is 0 Å². The molecule has 1 aliphatic rings. The third-order valence-corrected chi connectivity index (χ3v) is 3.37. The van der Waals surface area contributed by atoms with Crippen molar-refractivity contribution in [3.63, 3.8) is 0 Å². The Morgan fingerprint density at radius 2 is 2.14 bits per heavy atom. The molecule has 0 unspecified atom stereocenters. The zero-order chi connectivity index (χ0) is 14.8. The van der Waals surface area contributed by atoms with Crippen molar-refractivity contribution in [2.24, 2.45) is 0 Å². The maximum absolute atomic E-state index is 14.1. The summed E-state index contributed by atoms with van der Waals surface area (Å²) in [6, 6.07) is 4.63. The van der Waals surface area contributed by atoms with Gasteiger partial charge in [0.15, 0.2) is 0 Å². The Morgan fingerprint density at radius 3 is 2.76 bits per heavy atom. The summed E-state index contributed by atoms with van der Waals surface area (Å²) in [5.74, 6) is -0.911. The number of benzene rings is 1. The standard InChI is InChI=1S/C13H15FN6O/c14-9-7-8(3-4-10(9)20-5-1-2-6-20)16-12(21)11-17-13(15)19-18-11/h3-4,7H,1-2,5-6H2,(H,16,21)(H3,15,17,18,19). The average Bonchev–Trinajstić information content (AvgIpc) is 3.10. The van der Waals surface area contributed by atoms with Crippen molar-refractivity contribution < 1.29 is 9.18 Å². The average molecular weight is 290 g/mol. The van der Waals surface area contributed by atoms with Crippen LogP contribution in [0.5, 0.6) is 0 Å². The summed E-state index contributed by atoms with van der Waals surface area (Å²) in [5.41, 5.74) is 6.25. The van der Waals surface area contributed by atoms with Gasteiger partial charge in [-0.3, -0.25) is 9.89 Å². The second kappa shape index (κ2) is 5.39. The highest BCUT2D eigenvalue weighted by Crippen LogP contribution is 2.26. The molecule has 0 bridgehead atoms. The van der Waals surface area contributed by atoms with Crippen LogP contribution in [-0.4, -0.2) is 34.2 Å². The van der Waals surface area contributed by atoms with Gasteiger partial charge in [-0.25, -0.2) is 4.39 Å². The van der Waals surface area contributed by atoms with Gasteiger partial charge in [-0.1, -0.05) is 0 Å². The second-order valence-electron chi connectivity index (χ2n) is 4.86. The lowest BCUT2D eigenvalue weighted by Gasteiger charge is -2.18. The van der Waals surface area contributed by atoms with E-state index < -0.39 is 5.91 Å². The number of amides is 1. The van der Waals surface area contributed by atoms with Gasteiger partial charge in [0, 0.05) is 18.8 Å². The summed E-state index contributed by atoms with van der Waals surface area (Å²) in [4.78, 5) is 17.6. The zero-order valence-electron chi connectivity index (χ0n) is 11.3. The minimum Gasteiger partial charge on any atom is -0.369 e. The van der Waals surface area contributed by atoms with Crippen molar-refractivity contribution in [2.75, 3.05) is 29.0 Å². The Morgan fingerprint density at radius 1 is 1.38 bits per heavy atom. The Hall–Kier alpha value is -2.64. The quantitative estimate of drug-likeness (QED) is 0.793. The highest BCUT2D eigenvalue weighted by atomic mass is 19.1. The second-order valence-corrected chi connectivity index (χ2v) is 4.86. The molecule has 0 radical (unpaired) electrons. The molecule has 1 saturated heterocycles. The van der Waals surface area contributed by atoms with Crippen LogP contribution < -0.4 is 16.0 Å². The molecular weight excluding hydrogens is 275 g/mol. The van der Waals surface area contributed by atoms with Gasteiger partial charge in [-0.15, -0.1) is 5.10 Å². The van der Waals surface area contributed by atoms with Crippen molar-refractivity contribution in [1.29, 1.82) is 0 Å². The van der Waals surface area contributed by atoms with Gasteiger partial charge in [0.05, 0.1) is 5.69 Å². The van der Waals surface area contributed by atoms with E-state index in [2.05, 4.69) is 20.5 Å². The summed E-state index contributed by atoms with van der Waals surface area (Å²) >= 11 is 0. The molecule has 2 heterocycles. The summed E-state index contributed by atoms with van der Waals surface area (Å²) in [7, 11) is 0.